The predicted octanol–water partition coefficient (Wildman–Crippen LogP) is 8.87. The molecule has 10 nitrogen and oxygen atoms in total. The van der Waals surface area contributed by atoms with Gasteiger partial charge in [-0.15, -0.1) is 0 Å². The van der Waals surface area contributed by atoms with E-state index in [4.69, 9.17) is 9.47 Å². The van der Waals surface area contributed by atoms with E-state index in [1.165, 1.54) is 30.4 Å². The Labute approximate surface area is 339 Å². The third kappa shape index (κ3) is 7.72. The van der Waals surface area contributed by atoms with E-state index in [0.29, 0.717) is 59.1 Å². The molecule has 0 unspecified atom stereocenters. The number of carbonyl (C=O) groups is 1. The summed E-state index contributed by atoms with van der Waals surface area (Å²) in [5.74, 6) is -0.368. The molecule has 2 aromatic heterocycles. The van der Waals surface area contributed by atoms with Crippen LogP contribution in [-0.4, -0.2) is 76.8 Å². The van der Waals surface area contributed by atoms with Gasteiger partial charge in [-0.05, 0) is 96.0 Å². The summed E-state index contributed by atoms with van der Waals surface area (Å²) >= 11 is 0. The van der Waals surface area contributed by atoms with Crippen molar-refractivity contribution >= 4 is 23.0 Å². The number of carbonyl (C=O) groups excluding carboxylic acids is 1. The van der Waals surface area contributed by atoms with E-state index in [-0.39, 0.29) is 22.8 Å². The number of hydrogen-bond acceptors (Lipinski definition) is 9. The highest BCUT2D eigenvalue weighted by Gasteiger charge is 2.50. The van der Waals surface area contributed by atoms with E-state index in [1.807, 2.05) is 25.1 Å². The Morgan fingerprint density at radius 1 is 1.02 bits per heavy atom. The van der Waals surface area contributed by atoms with E-state index < -0.39 is 17.7 Å². The highest BCUT2D eigenvalue weighted by atomic mass is 19.1. The summed E-state index contributed by atoms with van der Waals surface area (Å²) in [5, 5.41) is 9.54. The zero-order valence-electron chi connectivity index (χ0n) is 33.7. The average molecular weight is 791 g/mol. The molecule has 2 aromatic carbocycles. The second kappa shape index (κ2) is 16.2. The molecule has 2 aliphatic heterocycles. The molecule has 1 amide bonds. The van der Waals surface area contributed by atoms with Gasteiger partial charge in [0.05, 0.1) is 24.1 Å². The van der Waals surface area contributed by atoms with Crippen LogP contribution < -0.4 is 19.9 Å². The fourth-order valence-electron chi connectivity index (χ4n) is 9.61. The number of amides is 1. The molecule has 2 N–H and O–H groups in total. The van der Waals surface area contributed by atoms with Crippen molar-refractivity contribution in [3.63, 3.8) is 0 Å². The molecule has 12 heteroatoms. The number of piperazine rings is 1. The van der Waals surface area contributed by atoms with Gasteiger partial charge in [-0.3, -0.25) is 19.8 Å². The lowest BCUT2D eigenvalue weighted by Crippen LogP contribution is -2.60. The minimum absolute atomic E-state index is 0.158. The number of aromatic nitrogens is 2. The number of methoxy groups -OCH3 is 1. The summed E-state index contributed by atoms with van der Waals surface area (Å²) in [6, 6.07) is 19.9. The highest BCUT2D eigenvalue weighted by Crippen LogP contribution is 2.53. The number of aryl methyl sites for hydroxylation is 1. The van der Waals surface area contributed by atoms with Crippen molar-refractivity contribution < 1.29 is 28.3 Å². The number of hydroxylamine groups is 1. The predicted molar refractivity (Wildman–Crippen MR) is 220 cm³/mol. The summed E-state index contributed by atoms with van der Waals surface area (Å²) in [6.45, 7) is 15.4. The zero-order valence-corrected chi connectivity index (χ0v) is 33.7. The van der Waals surface area contributed by atoms with Gasteiger partial charge in [0, 0.05) is 74.7 Å². The van der Waals surface area contributed by atoms with Crippen molar-refractivity contribution in [3.8, 4) is 17.4 Å². The lowest BCUT2D eigenvalue weighted by Gasteiger charge is -2.58. The van der Waals surface area contributed by atoms with Crippen LogP contribution >= 0.6 is 0 Å². The second-order valence-corrected chi connectivity index (χ2v) is 16.6. The quantitative estimate of drug-likeness (QED) is 0.0877. The van der Waals surface area contributed by atoms with E-state index in [1.54, 1.807) is 17.6 Å². The molecule has 58 heavy (non-hydrogen) atoms. The van der Waals surface area contributed by atoms with Gasteiger partial charge in [0.1, 0.15) is 17.3 Å². The van der Waals surface area contributed by atoms with Crippen molar-refractivity contribution in [2.45, 2.75) is 77.4 Å². The van der Waals surface area contributed by atoms with E-state index in [2.05, 4.69) is 69.4 Å². The number of fused-ring (bicyclic) bond motifs is 1. The van der Waals surface area contributed by atoms with Gasteiger partial charge >= 0.3 is 0 Å². The number of nitrogens with zero attached hydrogens (tertiary/aromatic N) is 5. The zero-order chi connectivity index (χ0) is 40.7. The van der Waals surface area contributed by atoms with Crippen LogP contribution in [0.5, 0.6) is 17.4 Å². The summed E-state index contributed by atoms with van der Waals surface area (Å²) in [6.07, 6.45) is 6.26. The molecule has 0 radical (unpaired) electrons. The molecule has 4 aromatic rings. The monoisotopic (exact) mass is 790 g/mol. The first-order valence-corrected chi connectivity index (χ1v) is 20.4. The number of ether oxygens (including phenoxy) is 2. The minimum Gasteiger partial charge on any atom is -0.481 e. The first-order chi connectivity index (χ1) is 28.0. The SMILES string of the molecule is C=C1C=C(F)c2cc(Oc3cc(N4CCC5(CC4)CC(N4CCN(Cc6cc(F)nc(OC)c6)C[C@H]4c4ccccc4C(C)C)C5)ccc3C(=O)NO)c(CC)nc21. The maximum Gasteiger partial charge on any atom is 0.278 e. The fourth-order valence-corrected chi connectivity index (χ4v) is 9.61. The Bertz CT molecular complexity index is 2250. The first kappa shape index (κ1) is 39.6. The number of halogens is 2. The lowest BCUT2D eigenvalue weighted by molar-refractivity contribution is -0.0628. The van der Waals surface area contributed by atoms with Crippen molar-refractivity contribution in [1.82, 2.24) is 25.2 Å². The smallest absolute Gasteiger partial charge is 0.278 e. The molecule has 4 heterocycles. The summed E-state index contributed by atoms with van der Waals surface area (Å²) in [4.78, 5) is 28.8. The normalized spacial score (nSPS) is 19.6. The third-order valence-corrected chi connectivity index (χ3v) is 12.7. The summed E-state index contributed by atoms with van der Waals surface area (Å²) < 4.78 is 40.7. The first-order valence-electron chi connectivity index (χ1n) is 20.4. The van der Waals surface area contributed by atoms with Crippen LogP contribution in [0.2, 0.25) is 0 Å². The number of hydrogen-bond donors (Lipinski definition) is 2. The number of rotatable bonds is 11. The largest absolute Gasteiger partial charge is 0.481 e. The number of pyridine rings is 2. The van der Waals surface area contributed by atoms with Crippen molar-refractivity contribution in [2.24, 2.45) is 5.41 Å². The van der Waals surface area contributed by atoms with Gasteiger partial charge in [0.2, 0.25) is 11.8 Å². The van der Waals surface area contributed by atoms with Gasteiger partial charge in [-0.25, -0.2) is 14.9 Å². The molecule has 2 aliphatic carbocycles. The van der Waals surface area contributed by atoms with Gasteiger partial charge in [-0.2, -0.15) is 9.37 Å². The summed E-state index contributed by atoms with van der Waals surface area (Å²) in [5.41, 5.74) is 8.59. The Hall–Kier alpha value is -5.17. The maximum atomic E-state index is 14.8. The van der Waals surface area contributed by atoms with Crippen LogP contribution in [0, 0.1) is 11.4 Å². The number of nitrogens with one attached hydrogen (secondary N) is 1. The van der Waals surface area contributed by atoms with Gasteiger partial charge in [0.15, 0.2) is 0 Å². The number of piperidine rings is 1. The Kier molecular flexibility index (Phi) is 11.1. The van der Waals surface area contributed by atoms with E-state index in [9.17, 15) is 18.8 Å². The van der Waals surface area contributed by atoms with Crippen molar-refractivity contribution in [2.75, 3.05) is 44.7 Å². The van der Waals surface area contributed by atoms with Gasteiger partial charge in [0.25, 0.3) is 5.91 Å². The number of benzene rings is 2. The van der Waals surface area contributed by atoms with E-state index >= 15 is 0 Å². The van der Waals surface area contributed by atoms with Crippen LogP contribution in [0.1, 0.15) is 102 Å². The van der Waals surface area contributed by atoms with Crippen LogP contribution in [0.25, 0.3) is 11.4 Å². The van der Waals surface area contributed by atoms with Crippen LogP contribution in [0.4, 0.5) is 14.5 Å². The fraction of sp³-hybridized carbons (Fsp3) is 0.413. The average Bonchev–Trinajstić information content (AvgIpc) is 3.49. The highest BCUT2D eigenvalue weighted by molar-refractivity contribution is 5.97. The molecule has 1 saturated carbocycles. The van der Waals surface area contributed by atoms with Gasteiger partial charge in [-0.1, -0.05) is 51.6 Å². The maximum absolute atomic E-state index is 14.8. The molecule has 304 valence electrons. The molecule has 2 saturated heterocycles. The molecular formula is C46H52F2N6O4. The second-order valence-electron chi connectivity index (χ2n) is 16.6. The minimum atomic E-state index is -0.701. The third-order valence-electron chi connectivity index (χ3n) is 12.7. The number of allylic oxidation sites excluding steroid dienone is 2. The van der Waals surface area contributed by atoms with E-state index in [0.717, 1.165) is 69.7 Å². The van der Waals surface area contributed by atoms with Crippen LogP contribution in [-0.2, 0) is 13.0 Å². The topological polar surface area (TPSA) is 103 Å². The standard InChI is InChI=1S/C46H52F2N6O4/c1-6-38-41(23-36-37(47)19-29(4)44(36)49-38)58-40-22-31(11-12-35(40)45(55)51-56)53-15-13-46(14-16-53)24-32(25-46)54-18-17-52(26-30-20-42(48)50-43(21-30)57-5)27-39(54)34-10-8-7-9-33(34)28(2)3/h7-12,19-23,28,32,39,56H,4,6,13-18,24-27H2,1-3,5H3,(H,51,55)/t39-/m0/s1. The molecule has 0 bridgehead atoms. The Morgan fingerprint density at radius 3 is 2.52 bits per heavy atom. The molecular weight excluding hydrogens is 739 g/mol. The van der Waals surface area contributed by atoms with Gasteiger partial charge < -0.3 is 14.4 Å². The molecule has 4 aliphatic rings. The Morgan fingerprint density at radius 2 is 1.79 bits per heavy atom. The molecule has 1 atom stereocenters. The Balaban J connectivity index is 0.970. The molecule has 3 fully saturated rings. The molecule has 8 rings (SSSR count). The lowest BCUT2D eigenvalue weighted by atomic mass is 9.59. The van der Waals surface area contributed by atoms with Crippen molar-refractivity contribution in [1.29, 1.82) is 0 Å². The van der Waals surface area contributed by atoms with Crippen LogP contribution in [0.15, 0.2) is 73.3 Å². The van der Waals surface area contributed by atoms with Crippen molar-refractivity contribution in [3.05, 3.63) is 118 Å². The van der Waals surface area contributed by atoms with Crippen LogP contribution in [0.3, 0.4) is 0 Å². The summed E-state index contributed by atoms with van der Waals surface area (Å²) in [7, 11) is 1.51. The molecule has 1 spiro atoms. The number of anilines is 1.